The predicted octanol–water partition coefficient (Wildman–Crippen LogP) is 3.95. The van der Waals surface area contributed by atoms with Crippen LogP contribution in [0.4, 0.5) is 4.39 Å². The van der Waals surface area contributed by atoms with Crippen molar-refractivity contribution >= 4 is 17.7 Å². The molecule has 3 fully saturated rings. The molecule has 0 spiro atoms. The number of hydrogen-bond acceptors (Lipinski definition) is 3. The molecule has 30 heavy (non-hydrogen) atoms. The first kappa shape index (κ1) is 21.0. The van der Waals surface area contributed by atoms with Gasteiger partial charge in [-0.1, -0.05) is 31.9 Å². The van der Waals surface area contributed by atoms with E-state index in [0.717, 1.165) is 51.4 Å². The number of hydrogen-bond donors (Lipinski definition) is 0. The Morgan fingerprint density at radius 2 is 1.87 bits per heavy atom. The van der Waals surface area contributed by atoms with Crippen molar-refractivity contribution in [2.24, 2.45) is 0 Å². The first-order valence-corrected chi connectivity index (χ1v) is 11.4. The van der Waals surface area contributed by atoms with Gasteiger partial charge in [-0.05, 0) is 56.2 Å². The zero-order valence-electron chi connectivity index (χ0n) is 17.7. The Morgan fingerprint density at radius 1 is 1.13 bits per heavy atom. The van der Waals surface area contributed by atoms with Gasteiger partial charge in [0.25, 0.3) is 0 Å². The zero-order chi connectivity index (χ0) is 21.3. The number of halogens is 1. The lowest BCUT2D eigenvalue weighted by molar-refractivity contribution is -0.145. The van der Waals surface area contributed by atoms with Crippen LogP contribution < -0.4 is 0 Å². The van der Waals surface area contributed by atoms with E-state index >= 15 is 0 Å². The van der Waals surface area contributed by atoms with Crippen LogP contribution in [0, 0.1) is 5.82 Å². The number of benzene rings is 1. The summed E-state index contributed by atoms with van der Waals surface area (Å²) >= 11 is 0. The van der Waals surface area contributed by atoms with Crippen molar-refractivity contribution in [1.29, 1.82) is 0 Å². The molecule has 0 N–H and O–H groups in total. The Kier molecular flexibility index (Phi) is 5.94. The average Bonchev–Trinajstić information content (AvgIpc) is 3.35. The maximum absolute atomic E-state index is 14.1. The monoisotopic (exact) mass is 414 g/mol. The van der Waals surface area contributed by atoms with Crippen molar-refractivity contribution in [3.8, 4) is 0 Å². The molecule has 2 heterocycles. The third kappa shape index (κ3) is 3.65. The summed E-state index contributed by atoms with van der Waals surface area (Å²) in [5, 5.41) is 0. The van der Waals surface area contributed by atoms with Gasteiger partial charge < -0.3 is 4.90 Å². The van der Waals surface area contributed by atoms with Crippen LogP contribution in [0.1, 0.15) is 76.7 Å². The molecule has 162 valence electrons. The van der Waals surface area contributed by atoms with Gasteiger partial charge in [0.05, 0.1) is 5.41 Å². The van der Waals surface area contributed by atoms with Gasteiger partial charge in [-0.2, -0.15) is 0 Å². The van der Waals surface area contributed by atoms with Crippen molar-refractivity contribution in [3.05, 3.63) is 35.6 Å². The van der Waals surface area contributed by atoms with E-state index in [-0.39, 0.29) is 42.6 Å². The highest BCUT2D eigenvalue weighted by molar-refractivity contribution is 6.11. The van der Waals surface area contributed by atoms with E-state index in [4.69, 9.17) is 0 Å². The fraction of sp³-hybridized carbons (Fsp3) is 0.625. The van der Waals surface area contributed by atoms with Gasteiger partial charge in [0, 0.05) is 31.5 Å². The van der Waals surface area contributed by atoms with E-state index in [1.54, 1.807) is 12.1 Å². The molecule has 4 rings (SSSR count). The number of amides is 3. The number of piperidine rings is 1. The molecule has 0 aromatic heterocycles. The lowest BCUT2D eigenvalue weighted by Gasteiger charge is -2.38. The number of carbonyl (C=O) groups excluding carboxylic acids is 3. The summed E-state index contributed by atoms with van der Waals surface area (Å²) < 4.78 is 14.1. The first-order valence-electron chi connectivity index (χ1n) is 11.4. The normalized spacial score (nSPS) is 27.9. The number of nitrogens with zero attached hydrogens (tertiary/aromatic N) is 2. The fourth-order valence-corrected chi connectivity index (χ4v) is 5.66. The molecule has 1 aromatic carbocycles. The van der Waals surface area contributed by atoms with Crippen LogP contribution >= 0.6 is 0 Å². The lowest BCUT2D eigenvalue weighted by Crippen LogP contribution is -2.49. The van der Waals surface area contributed by atoms with E-state index in [2.05, 4.69) is 6.92 Å². The minimum absolute atomic E-state index is 0.0534. The van der Waals surface area contributed by atoms with Crippen LogP contribution in [-0.2, 0) is 19.8 Å². The summed E-state index contributed by atoms with van der Waals surface area (Å²) in [6, 6.07) is 5.98. The van der Waals surface area contributed by atoms with E-state index in [1.807, 2.05) is 4.90 Å². The van der Waals surface area contributed by atoms with Crippen molar-refractivity contribution in [1.82, 2.24) is 9.80 Å². The van der Waals surface area contributed by atoms with Gasteiger partial charge in [-0.3, -0.25) is 19.3 Å². The molecule has 2 unspecified atom stereocenters. The molecule has 2 saturated heterocycles. The Bertz CT molecular complexity index is 835. The number of likely N-dealkylation sites (tertiary alicyclic amines) is 2. The Hall–Kier alpha value is -2.24. The van der Waals surface area contributed by atoms with Gasteiger partial charge in [-0.15, -0.1) is 0 Å². The second-order valence-electron chi connectivity index (χ2n) is 9.10. The van der Waals surface area contributed by atoms with Crippen LogP contribution in [0.15, 0.2) is 24.3 Å². The Morgan fingerprint density at radius 3 is 2.57 bits per heavy atom. The highest BCUT2D eigenvalue weighted by Gasteiger charge is 2.56. The molecule has 2 aliphatic heterocycles. The van der Waals surface area contributed by atoms with Crippen LogP contribution in [0.3, 0.4) is 0 Å². The molecule has 1 saturated carbocycles. The summed E-state index contributed by atoms with van der Waals surface area (Å²) in [4.78, 5) is 43.4. The van der Waals surface area contributed by atoms with Gasteiger partial charge in [0.2, 0.25) is 17.7 Å². The molecule has 0 bridgehead atoms. The first-order chi connectivity index (χ1) is 14.5. The molecule has 6 heteroatoms. The zero-order valence-corrected chi connectivity index (χ0v) is 17.7. The van der Waals surface area contributed by atoms with Gasteiger partial charge in [-0.25, -0.2) is 4.39 Å². The van der Waals surface area contributed by atoms with Crippen LogP contribution in [0.2, 0.25) is 0 Å². The average molecular weight is 415 g/mol. The SMILES string of the molecule is CCC1CCCCN1C(=O)CC1(c2cccc(F)c2)CC(=O)N(C2CCCC2)C1=O. The second-order valence-corrected chi connectivity index (χ2v) is 9.10. The highest BCUT2D eigenvalue weighted by Crippen LogP contribution is 2.43. The molecule has 2 atom stereocenters. The van der Waals surface area contributed by atoms with Crippen molar-refractivity contribution in [2.45, 2.75) is 88.6 Å². The summed E-state index contributed by atoms with van der Waals surface area (Å²) in [5.41, 5.74) is -0.853. The molecular formula is C24H31FN2O3. The lowest BCUT2D eigenvalue weighted by atomic mass is 9.75. The summed E-state index contributed by atoms with van der Waals surface area (Å²) in [6.45, 7) is 2.76. The van der Waals surface area contributed by atoms with Gasteiger partial charge >= 0.3 is 0 Å². The molecule has 0 radical (unpaired) electrons. The van der Waals surface area contributed by atoms with E-state index < -0.39 is 11.2 Å². The molecular weight excluding hydrogens is 383 g/mol. The second kappa shape index (κ2) is 8.48. The summed E-state index contributed by atoms with van der Waals surface area (Å²) in [6.07, 6.45) is 7.40. The highest BCUT2D eigenvalue weighted by atomic mass is 19.1. The minimum atomic E-state index is -1.30. The summed E-state index contributed by atoms with van der Waals surface area (Å²) in [5.74, 6) is -1.10. The quantitative estimate of drug-likeness (QED) is 0.686. The molecule has 5 nitrogen and oxygen atoms in total. The maximum atomic E-state index is 14.1. The van der Waals surface area contributed by atoms with Gasteiger partial charge in [0.1, 0.15) is 5.82 Å². The molecule has 1 aromatic rings. The Labute approximate surface area is 177 Å². The predicted molar refractivity (Wildman–Crippen MR) is 111 cm³/mol. The maximum Gasteiger partial charge on any atom is 0.241 e. The number of rotatable bonds is 5. The van der Waals surface area contributed by atoms with Crippen molar-refractivity contribution in [2.75, 3.05) is 6.54 Å². The van der Waals surface area contributed by atoms with E-state index in [1.165, 1.54) is 17.0 Å². The topological polar surface area (TPSA) is 57.7 Å². The van der Waals surface area contributed by atoms with Crippen molar-refractivity contribution in [3.63, 3.8) is 0 Å². The van der Waals surface area contributed by atoms with E-state index in [9.17, 15) is 18.8 Å². The van der Waals surface area contributed by atoms with Crippen molar-refractivity contribution < 1.29 is 18.8 Å². The molecule has 1 aliphatic carbocycles. The number of carbonyl (C=O) groups is 3. The molecule has 3 aliphatic rings. The van der Waals surface area contributed by atoms with Gasteiger partial charge in [0.15, 0.2) is 0 Å². The summed E-state index contributed by atoms with van der Waals surface area (Å²) in [7, 11) is 0. The largest absolute Gasteiger partial charge is 0.340 e. The Balaban J connectivity index is 1.69. The third-order valence-corrected chi connectivity index (χ3v) is 7.29. The molecule has 3 amide bonds. The smallest absolute Gasteiger partial charge is 0.241 e. The third-order valence-electron chi connectivity index (χ3n) is 7.29. The van der Waals surface area contributed by atoms with Crippen LogP contribution in [-0.4, -0.2) is 46.1 Å². The standard InChI is InChI=1S/C24H31FN2O3/c1-2-19-10-5-6-13-26(19)21(28)15-24(17-8-7-9-18(25)14-17)16-22(29)27(23(24)30)20-11-3-4-12-20/h7-9,14,19-20H,2-6,10-13,15-16H2,1H3. The number of imide groups is 1. The minimum Gasteiger partial charge on any atom is -0.340 e. The van der Waals surface area contributed by atoms with Crippen LogP contribution in [0.25, 0.3) is 0 Å². The van der Waals surface area contributed by atoms with E-state index in [0.29, 0.717) is 12.1 Å². The fourth-order valence-electron chi connectivity index (χ4n) is 5.66. The van der Waals surface area contributed by atoms with Crippen LogP contribution in [0.5, 0.6) is 0 Å².